The van der Waals surface area contributed by atoms with Crippen LogP contribution in [-0.4, -0.2) is 21.3 Å². The molecule has 0 fully saturated rings. The molecule has 1 atom stereocenters. The van der Waals surface area contributed by atoms with Crippen molar-refractivity contribution >= 4 is 0 Å². The summed E-state index contributed by atoms with van der Waals surface area (Å²) in [7, 11) is 0. The van der Waals surface area contributed by atoms with Gasteiger partial charge in [0.25, 0.3) is 0 Å². The number of hydrogen-bond donors (Lipinski definition) is 1. The molecule has 5 nitrogen and oxygen atoms in total. The Morgan fingerprint density at radius 1 is 1.19 bits per heavy atom. The molecule has 3 aromatic rings. The Morgan fingerprint density at radius 3 is 2.81 bits per heavy atom. The Hall–Kier alpha value is -2.40. The summed E-state index contributed by atoms with van der Waals surface area (Å²) in [6.07, 6.45) is 1.70. The van der Waals surface area contributed by atoms with E-state index in [0.717, 1.165) is 36.1 Å². The molecular weight excluding hydrogens is 264 g/mol. The fourth-order valence-corrected chi connectivity index (χ4v) is 2.89. The van der Waals surface area contributed by atoms with Crippen LogP contribution in [0.2, 0.25) is 0 Å². The first-order valence-corrected chi connectivity index (χ1v) is 7.10. The molecule has 0 spiro atoms. The number of fused-ring (bicyclic) bond motifs is 1. The number of hydrogen-bond acceptors (Lipinski definition) is 4. The van der Waals surface area contributed by atoms with Gasteiger partial charge in [-0.2, -0.15) is 0 Å². The van der Waals surface area contributed by atoms with Crippen molar-refractivity contribution in [3.63, 3.8) is 0 Å². The van der Waals surface area contributed by atoms with E-state index in [-0.39, 0.29) is 6.04 Å². The first-order chi connectivity index (χ1) is 10.3. The third-order valence-electron chi connectivity index (χ3n) is 3.95. The summed E-state index contributed by atoms with van der Waals surface area (Å²) in [4.78, 5) is 0. The van der Waals surface area contributed by atoms with Gasteiger partial charge in [-0.1, -0.05) is 30.3 Å². The second kappa shape index (κ2) is 4.86. The number of aryl methyl sites for hydroxylation is 1. The minimum Gasteiger partial charge on any atom is -0.469 e. The number of rotatable bonds is 2. The first-order valence-electron chi connectivity index (χ1n) is 7.10. The van der Waals surface area contributed by atoms with Gasteiger partial charge in [0, 0.05) is 13.1 Å². The van der Waals surface area contributed by atoms with Gasteiger partial charge in [-0.05, 0) is 18.6 Å². The lowest BCUT2D eigenvalue weighted by Gasteiger charge is -2.25. The van der Waals surface area contributed by atoms with Gasteiger partial charge < -0.3 is 14.3 Å². The van der Waals surface area contributed by atoms with Crippen molar-refractivity contribution in [3.05, 3.63) is 59.8 Å². The molecule has 0 saturated carbocycles. The lowest BCUT2D eigenvalue weighted by atomic mass is 10.0. The van der Waals surface area contributed by atoms with Gasteiger partial charge in [0.1, 0.15) is 5.76 Å². The molecule has 0 bridgehead atoms. The van der Waals surface area contributed by atoms with Crippen LogP contribution in [0.3, 0.4) is 0 Å². The highest BCUT2D eigenvalue weighted by Gasteiger charge is 2.27. The van der Waals surface area contributed by atoms with E-state index in [0.29, 0.717) is 0 Å². The normalized spacial score (nSPS) is 17.7. The number of benzene rings is 1. The smallest absolute Gasteiger partial charge is 0.167 e. The Bertz CT molecular complexity index is 760. The molecule has 0 amide bonds. The molecule has 21 heavy (non-hydrogen) atoms. The summed E-state index contributed by atoms with van der Waals surface area (Å²) in [6.45, 7) is 3.72. The second-order valence-electron chi connectivity index (χ2n) is 5.22. The van der Waals surface area contributed by atoms with Gasteiger partial charge in [0.15, 0.2) is 11.6 Å². The zero-order valence-corrected chi connectivity index (χ0v) is 11.8. The summed E-state index contributed by atoms with van der Waals surface area (Å²) < 4.78 is 7.58. The van der Waals surface area contributed by atoms with Crippen molar-refractivity contribution in [1.29, 1.82) is 0 Å². The van der Waals surface area contributed by atoms with E-state index in [9.17, 15) is 0 Å². The average molecular weight is 280 g/mol. The van der Waals surface area contributed by atoms with Gasteiger partial charge in [0.2, 0.25) is 0 Å². The van der Waals surface area contributed by atoms with E-state index in [1.165, 1.54) is 5.56 Å². The number of furan rings is 1. The quantitative estimate of drug-likeness (QED) is 0.783. The van der Waals surface area contributed by atoms with Crippen molar-refractivity contribution in [3.8, 4) is 11.4 Å². The predicted octanol–water partition coefficient (Wildman–Crippen LogP) is 2.54. The van der Waals surface area contributed by atoms with E-state index in [2.05, 4.69) is 32.2 Å². The van der Waals surface area contributed by atoms with Crippen LogP contribution in [0.15, 0.2) is 47.1 Å². The molecule has 1 aliphatic rings. The third-order valence-corrected chi connectivity index (χ3v) is 3.95. The first kappa shape index (κ1) is 12.3. The van der Waals surface area contributed by atoms with Crippen LogP contribution in [0.25, 0.3) is 11.4 Å². The minimum absolute atomic E-state index is 0.0911. The molecule has 0 saturated heterocycles. The molecule has 1 N–H and O–H groups in total. The Balaban J connectivity index is 1.81. The monoisotopic (exact) mass is 280 g/mol. The highest BCUT2D eigenvalue weighted by molar-refractivity contribution is 5.57. The van der Waals surface area contributed by atoms with Crippen molar-refractivity contribution in [1.82, 2.24) is 20.1 Å². The van der Waals surface area contributed by atoms with Gasteiger partial charge in [-0.3, -0.25) is 0 Å². The maximum Gasteiger partial charge on any atom is 0.167 e. The van der Waals surface area contributed by atoms with E-state index >= 15 is 0 Å². The van der Waals surface area contributed by atoms with E-state index in [1.807, 2.05) is 31.2 Å². The third kappa shape index (κ3) is 1.97. The Morgan fingerprint density at radius 2 is 2.05 bits per heavy atom. The van der Waals surface area contributed by atoms with Gasteiger partial charge in [0.05, 0.1) is 17.9 Å². The molecule has 0 aliphatic carbocycles. The Labute approximate surface area is 122 Å². The molecule has 106 valence electrons. The van der Waals surface area contributed by atoms with Crippen LogP contribution in [0.5, 0.6) is 0 Å². The molecule has 4 rings (SSSR count). The van der Waals surface area contributed by atoms with Crippen LogP contribution in [0, 0.1) is 6.92 Å². The maximum absolute atomic E-state index is 5.39. The summed E-state index contributed by atoms with van der Waals surface area (Å²) in [6, 6.07) is 12.4. The number of aromatic nitrogens is 3. The van der Waals surface area contributed by atoms with Gasteiger partial charge >= 0.3 is 0 Å². The van der Waals surface area contributed by atoms with E-state index < -0.39 is 0 Å². The number of nitrogens with one attached hydrogen (secondary N) is 1. The SMILES string of the molecule is Cc1occc1-c1nnc2n1CCNC2c1ccccc1. The van der Waals surface area contributed by atoms with Crippen molar-refractivity contribution in [2.24, 2.45) is 0 Å². The van der Waals surface area contributed by atoms with Crippen LogP contribution in [-0.2, 0) is 6.54 Å². The van der Waals surface area contributed by atoms with Crippen molar-refractivity contribution in [2.75, 3.05) is 6.54 Å². The zero-order chi connectivity index (χ0) is 14.2. The largest absolute Gasteiger partial charge is 0.469 e. The van der Waals surface area contributed by atoms with E-state index in [4.69, 9.17) is 4.42 Å². The molecule has 3 heterocycles. The molecule has 5 heteroatoms. The zero-order valence-electron chi connectivity index (χ0n) is 11.8. The minimum atomic E-state index is 0.0911. The Kier molecular flexibility index (Phi) is 2.86. The average Bonchev–Trinajstić information content (AvgIpc) is 3.13. The fourth-order valence-electron chi connectivity index (χ4n) is 2.89. The summed E-state index contributed by atoms with van der Waals surface area (Å²) >= 11 is 0. The van der Waals surface area contributed by atoms with E-state index in [1.54, 1.807) is 6.26 Å². The van der Waals surface area contributed by atoms with Crippen molar-refractivity contribution in [2.45, 2.75) is 19.5 Å². The fraction of sp³-hybridized carbons (Fsp3) is 0.250. The molecule has 0 radical (unpaired) electrons. The lowest BCUT2D eigenvalue weighted by Crippen LogP contribution is -2.34. The number of nitrogens with zero attached hydrogens (tertiary/aromatic N) is 3. The van der Waals surface area contributed by atoms with Crippen molar-refractivity contribution < 1.29 is 4.42 Å². The summed E-state index contributed by atoms with van der Waals surface area (Å²) in [5, 5.41) is 12.3. The standard InChI is InChI=1S/C16H16N4O/c1-11-13(7-10-21-11)15-18-19-16-14(17-8-9-20(15)16)12-5-3-2-4-6-12/h2-7,10,14,17H,8-9H2,1H3. The van der Waals surface area contributed by atoms with Crippen LogP contribution < -0.4 is 5.32 Å². The lowest BCUT2D eigenvalue weighted by molar-refractivity contribution is 0.457. The molecule has 1 unspecified atom stereocenters. The van der Waals surface area contributed by atoms with Crippen LogP contribution in [0.1, 0.15) is 23.2 Å². The highest BCUT2D eigenvalue weighted by atomic mass is 16.3. The van der Waals surface area contributed by atoms with Gasteiger partial charge in [-0.25, -0.2) is 0 Å². The molecule has 1 aliphatic heterocycles. The topological polar surface area (TPSA) is 55.9 Å². The van der Waals surface area contributed by atoms with Crippen LogP contribution in [0.4, 0.5) is 0 Å². The molecule has 1 aromatic carbocycles. The highest BCUT2D eigenvalue weighted by Crippen LogP contribution is 2.29. The molecule has 2 aromatic heterocycles. The maximum atomic E-state index is 5.39. The summed E-state index contributed by atoms with van der Waals surface area (Å²) in [5.74, 6) is 2.72. The predicted molar refractivity (Wildman–Crippen MR) is 78.7 cm³/mol. The van der Waals surface area contributed by atoms with Crippen LogP contribution >= 0.6 is 0 Å². The molecular formula is C16H16N4O. The second-order valence-corrected chi connectivity index (χ2v) is 5.22. The summed E-state index contributed by atoms with van der Waals surface area (Å²) in [5.41, 5.74) is 2.23. The van der Waals surface area contributed by atoms with Gasteiger partial charge in [-0.15, -0.1) is 10.2 Å².